The van der Waals surface area contributed by atoms with Gasteiger partial charge in [0, 0.05) is 6.54 Å². The molecular formula is C9H12F3NO2S. The average molecular weight is 255 g/mol. The molecule has 0 spiro atoms. The standard InChI is InChI=1S/C9H12F3NO2S/c10-9(11,12)16(14,15)13-5-8-4-6-1-2-7(8)3-6/h6,13H,1-5H2. The van der Waals surface area contributed by atoms with Gasteiger partial charge in [0.1, 0.15) is 0 Å². The molecule has 0 radical (unpaired) electrons. The highest BCUT2D eigenvalue weighted by Crippen LogP contribution is 2.43. The number of nitrogens with one attached hydrogen (secondary N) is 1. The van der Waals surface area contributed by atoms with Crippen LogP contribution in [0.25, 0.3) is 0 Å². The Kier molecular flexibility index (Phi) is 2.78. The van der Waals surface area contributed by atoms with E-state index in [-0.39, 0.29) is 6.54 Å². The first-order valence-electron chi connectivity index (χ1n) is 5.05. The highest BCUT2D eigenvalue weighted by Gasteiger charge is 2.45. The predicted octanol–water partition coefficient (Wildman–Crippen LogP) is 1.93. The Morgan fingerprint density at radius 3 is 2.44 bits per heavy atom. The van der Waals surface area contributed by atoms with E-state index in [4.69, 9.17) is 0 Å². The Balaban J connectivity index is 1.99. The first-order valence-corrected chi connectivity index (χ1v) is 6.53. The maximum Gasteiger partial charge on any atom is 0.511 e. The summed E-state index contributed by atoms with van der Waals surface area (Å²) < 4.78 is 59.2. The molecule has 2 rings (SSSR count). The number of alkyl halides is 3. The summed E-state index contributed by atoms with van der Waals surface area (Å²) in [4.78, 5) is 0. The maximum atomic E-state index is 12.0. The zero-order valence-corrected chi connectivity index (χ0v) is 9.29. The van der Waals surface area contributed by atoms with Crippen molar-refractivity contribution in [2.24, 2.45) is 5.92 Å². The van der Waals surface area contributed by atoms with Gasteiger partial charge in [0.05, 0.1) is 0 Å². The van der Waals surface area contributed by atoms with E-state index in [1.807, 2.05) is 0 Å². The fourth-order valence-corrected chi connectivity index (χ4v) is 2.91. The van der Waals surface area contributed by atoms with Crippen LogP contribution in [0.15, 0.2) is 11.1 Å². The highest BCUT2D eigenvalue weighted by molar-refractivity contribution is 7.90. The molecule has 1 fully saturated rings. The third kappa shape index (κ3) is 2.10. The van der Waals surface area contributed by atoms with Gasteiger partial charge in [-0.05, 0) is 31.6 Å². The summed E-state index contributed by atoms with van der Waals surface area (Å²) in [5, 5.41) is 0. The van der Waals surface area contributed by atoms with Crippen molar-refractivity contribution in [1.82, 2.24) is 4.72 Å². The van der Waals surface area contributed by atoms with Crippen molar-refractivity contribution in [2.45, 2.75) is 31.2 Å². The van der Waals surface area contributed by atoms with Crippen LogP contribution < -0.4 is 4.72 Å². The zero-order valence-electron chi connectivity index (χ0n) is 8.47. The van der Waals surface area contributed by atoms with Crippen molar-refractivity contribution in [3.63, 3.8) is 0 Å². The van der Waals surface area contributed by atoms with Gasteiger partial charge < -0.3 is 0 Å². The molecular weight excluding hydrogens is 243 g/mol. The third-order valence-electron chi connectivity index (χ3n) is 3.20. The van der Waals surface area contributed by atoms with E-state index >= 15 is 0 Å². The van der Waals surface area contributed by atoms with Crippen molar-refractivity contribution in [1.29, 1.82) is 0 Å². The molecule has 2 aliphatic rings. The Labute approximate surface area is 91.8 Å². The SMILES string of the molecule is O=S(=O)(NCC1=C2CCC(C2)C1)C(F)(F)F. The number of hydrogen-bond donors (Lipinski definition) is 1. The fraction of sp³-hybridized carbons (Fsp3) is 0.778. The lowest BCUT2D eigenvalue weighted by atomic mass is 9.99. The number of allylic oxidation sites excluding steroid dienone is 1. The van der Waals surface area contributed by atoms with Crippen molar-refractivity contribution >= 4 is 10.0 Å². The minimum atomic E-state index is -5.21. The number of halogens is 3. The Morgan fingerprint density at radius 1 is 1.31 bits per heavy atom. The maximum absolute atomic E-state index is 12.0. The molecule has 7 heteroatoms. The Hall–Kier alpha value is -0.560. The average Bonchev–Trinajstić information content (AvgIpc) is 2.73. The Morgan fingerprint density at radius 2 is 2.00 bits per heavy atom. The molecule has 0 aromatic carbocycles. The van der Waals surface area contributed by atoms with Crippen LogP contribution in [0, 0.1) is 5.92 Å². The molecule has 1 atom stereocenters. The van der Waals surface area contributed by atoms with Gasteiger partial charge in [-0.25, -0.2) is 13.1 Å². The van der Waals surface area contributed by atoms with Gasteiger partial charge in [-0.15, -0.1) is 0 Å². The molecule has 0 aliphatic heterocycles. The largest absolute Gasteiger partial charge is 0.511 e. The predicted molar refractivity (Wildman–Crippen MR) is 52.0 cm³/mol. The van der Waals surface area contributed by atoms with Gasteiger partial charge in [0.15, 0.2) is 0 Å². The third-order valence-corrected chi connectivity index (χ3v) is 4.34. The molecule has 0 amide bonds. The van der Waals surface area contributed by atoms with Gasteiger partial charge >= 0.3 is 15.5 Å². The van der Waals surface area contributed by atoms with Crippen LogP contribution in [-0.2, 0) is 10.0 Å². The number of sulfonamides is 1. The first-order chi connectivity index (χ1) is 7.29. The molecule has 3 nitrogen and oxygen atoms in total. The lowest BCUT2D eigenvalue weighted by Gasteiger charge is -2.14. The van der Waals surface area contributed by atoms with Gasteiger partial charge in [-0.1, -0.05) is 11.1 Å². The molecule has 2 aliphatic carbocycles. The highest BCUT2D eigenvalue weighted by atomic mass is 32.2. The molecule has 0 aromatic heterocycles. The number of rotatable bonds is 3. The van der Waals surface area contributed by atoms with Crippen LogP contribution in [-0.4, -0.2) is 20.5 Å². The number of fused-ring (bicyclic) bond motifs is 2. The van der Waals surface area contributed by atoms with Gasteiger partial charge in [0.25, 0.3) is 0 Å². The zero-order chi connectivity index (χ0) is 12.0. The molecule has 0 heterocycles. The summed E-state index contributed by atoms with van der Waals surface area (Å²) >= 11 is 0. The van der Waals surface area contributed by atoms with Crippen LogP contribution in [0.4, 0.5) is 13.2 Å². The molecule has 92 valence electrons. The second-order valence-corrected chi connectivity index (χ2v) is 6.05. The van der Waals surface area contributed by atoms with Crippen LogP contribution in [0.5, 0.6) is 0 Å². The summed E-state index contributed by atoms with van der Waals surface area (Å²) in [5.74, 6) is 0.528. The van der Waals surface area contributed by atoms with Crippen LogP contribution in [0.2, 0.25) is 0 Å². The van der Waals surface area contributed by atoms with Crippen LogP contribution >= 0.6 is 0 Å². The molecule has 0 saturated heterocycles. The van der Waals surface area contributed by atoms with E-state index in [0.29, 0.717) is 5.92 Å². The van der Waals surface area contributed by atoms with Crippen molar-refractivity contribution in [3.05, 3.63) is 11.1 Å². The quantitative estimate of drug-likeness (QED) is 0.783. The van der Waals surface area contributed by atoms with Crippen LogP contribution in [0.1, 0.15) is 25.7 Å². The molecule has 0 aromatic rings. The first kappa shape index (κ1) is 11.9. The second-order valence-electron chi connectivity index (χ2n) is 4.29. The summed E-state index contributed by atoms with van der Waals surface area (Å²) in [6, 6.07) is 0. The minimum Gasteiger partial charge on any atom is -0.203 e. The summed E-state index contributed by atoms with van der Waals surface area (Å²) in [5.41, 5.74) is -3.21. The summed E-state index contributed by atoms with van der Waals surface area (Å²) in [7, 11) is -5.19. The summed E-state index contributed by atoms with van der Waals surface area (Å²) in [6.45, 7) is -0.187. The second kappa shape index (κ2) is 3.73. The van der Waals surface area contributed by atoms with E-state index in [0.717, 1.165) is 36.8 Å². The van der Waals surface area contributed by atoms with E-state index in [9.17, 15) is 21.6 Å². The lowest BCUT2D eigenvalue weighted by Crippen LogP contribution is -2.37. The van der Waals surface area contributed by atoms with E-state index in [1.54, 1.807) is 4.72 Å². The van der Waals surface area contributed by atoms with Crippen molar-refractivity contribution < 1.29 is 21.6 Å². The summed E-state index contributed by atoms with van der Waals surface area (Å²) in [6.07, 6.45) is 3.68. The fourth-order valence-electron chi connectivity index (χ4n) is 2.38. The van der Waals surface area contributed by atoms with E-state index < -0.39 is 15.5 Å². The lowest BCUT2D eigenvalue weighted by molar-refractivity contribution is -0.0446. The van der Waals surface area contributed by atoms with Gasteiger partial charge in [-0.3, -0.25) is 0 Å². The van der Waals surface area contributed by atoms with E-state index in [1.165, 1.54) is 0 Å². The van der Waals surface area contributed by atoms with Crippen molar-refractivity contribution in [3.8, 4) is 0 Å². The topological polar surface area (TPSA) is 46.2 Å². The molecule has 2 bridgehead atoms. The molecule has 1 N–H and O–H groups in total. The Bertz CT molecular complexity index is 425. The number of hydrogen-bond acceptors (Lipinski definition) is 2. The molecule has 1 unspecified atom stereocenters. The van der Waals surface area contributed by atoms with E-state index in [2.05, 4.69) is 0 Å². The molecule has 1 saturated carbocycles. The van der Waals surface area contributed by atoms with Gasteiger partial charge in [0.2, 0.25) is 0 Å². The van der Waals surface area contributed by atoms with Crippen molar-refractivity contribution in [2.75, 3.05) is 6.54 Å². The van der Waals surface area contributed by atoms with Crippen LogP contribution in [0.3, 0.4) is 0 Å². The normalized spacial score (nSPS) is 25.6. The minimum absolute atomic E-state index is 0.187. The smallest absolute Gasteiger partial charge is 0.203 e. The monoisotopic (exact) mass is 255 g/mol. The molecule has 16 heavy (non-hydrogen) atoms. The van der Waals surface area contributed by atoms with Gasteiger partial charge in [-0.2, -0.15) is 13.2 Å².